The zero-order valence-corrected chi connectivity index (χ0v) is 16.0. The van der Waals surface area contributed by atoms with Gasteiger partial charge in [0.1, 0.15) is 37.0 Å². The van der Waals surface area contributed by atoms with E-state index in [-0.39, 0.29) is 0 Å². The van der Waals surface area contributed by atoms with E-state index in [2.05, 4.69) is 21.1 Å². The van der Waals surface area contributed by atoms with Gasteiger partial charge in [-0.15, -0.1) is 0 Å². The van der Waals surface area contributed by atoms with Crippen molar-refractivity contribution < 1.29 is 9.15 Å². The van der Waals surface area contributed by atoms with Crippen molar-refractivity contribution in [2.45, 2.75) is 26.0 Å². The van der Waals surface area contributed by atoms with Crippen molar-refractivity contribution in [3.8, 4) is 5.75 Å². The Kier molecular flexibility index (Phi) is 6.12. The van der Waals surface area contributed by atoms with Crippen LogP contribution >= 0.6 is 0 Å². The Balaban J connectivity index is 1.32. The smallest absolute Gasteiger partial charge is 0.218 e. The fourth-order valence-electron chi connectivity index (χ4n) is 2.98. The fourth-order valence-corrected chi connectivity index (χ4v) is 2.98. The van der Waals surface area contributed by atoms with Gasteiger partial charge in [-0.25, -0.2) is 9.97 Å². The zero-order chi connectivity index (χ0) is 19.7. The lowest BCUT2D eigenvalue weighted by molar-refractivity contribution is 0.297. The first-order valence-corrected chi connectivity index (χ1v) is 9.57. The lowest BCUT2D eigenvalue weighted by atomic mass is 10.1. The Bertz CT molecular complexity index is 1040. The molecule has 0 spiro atoms. The quantitative estimate of drug-likeness (QED) is 0.419. The molecule has 0 amide bonds. The molecule has 6 nitrogen and oxygen atoms in total. The van der Waals surface area contributed by atoms with Gasteiger partial charge >= 0.3 is 0 Å². The minimum atomic E-state index is 0.364. The van der Waals surface area contributed by atoms with Crippen molar-refractivity contribution in [1.82, 2.24) is 19.7 Å². The molecule has 0 N–H and O–H groups in total. The van der Waals surface area contributed by atoms with Crippen LogP contribution in [0.5, 0.6) is 5.75 Å². The molecule has 6 heteroatoms. The van der Waals surface area contributed by atoms with E-state index in [1.807, 2.05) is 65.4 Å². The minimum Gasteiger partial charge on any atom is -0.487 e. The molecule has 0 aliphatic carbocycles. The first-order chi connectivity index (χ1) is 14.4. The SMILES string of the molecule is C(=C\c1nc(COc2ccccc2CCCn2cncn2)co1)/c1ccccc1. The third kappa shape index (κ3) is 5.42. The maximum Gasteiger partial charge on any atom is 0.218 e. The second-order valence-corrected chi connectivity index (χ2v) is 6.58. The molecule has 2 aromatic heterocycles. The summed E-state index contributed by atoms with van der Waals surface area (Å²) in [5.41, 5.74) is 3.03. The van der Waals surface area contributed by atoms with Crippen LogP contribution in [0.15, 0.2) is 77.9 Å². The Morgan fingerprint density at radius 1 is 1.00 bits per heavy atom. The van der Waals surface area contributed by atoms with Gasteiger partial charge in [0.15, 0.2) is 0 Å². The van der Waals surface area contributed by atoms with Crippen molar-refractivity contribution in [2.75, 3.05) is 0 Å². The molecule has 0 aliphatic rings. The third-order valence-electron chi connectivity index (χ3n) is 4.44. The van der Waals surface area contributed by atoms with Gasteiger partial charge in [0.25, 0.3) is 0 Å². The van der Waals surface area contributed by atoms with E-state index < -0.39 is 0 Å². The van der Waals surface area contributed by atoms with Crippen LogP contribution in [-0.4, -0.2) is 19.7 Å². The molecule has 29 heavy (non-hydrogen) atoms. The summed E-state index contributed by atoms with van der Waals surface area (Å²) in [7, 11) is 0. The van der Waals surface area contributed by atoms with Crippen LogP contribution in [-0.2, 0) is 19.6 Å². The zero-order valence-electron chi connectivity index (χ0n) is 16.0. The fraction of sp³-hybridized carbons (Fsp3) is 0.174. The standard InChI is InChI=1S/C23H22N4O2/c1-2-7-19(8-3-1)12-13-23-26-21(16-29-23)15-28-22-11-5-4-9-20(22)10-6-14-27-18-24-17-25-27/h1-5,7-9,11-13,16-18H,6,10,14-15H2/b13-12+. The summed E-state index contributed by atoms with van der Waals surface area (Å²) in [6.07, 6.45) is 10.6. The number of hydrogen-bond acceptors (Lipinski definition) is 5. The molecular weight excluding hydrogens is 364 g/mol. The van der Waals surface area contributed by atoms with Crippen molar-refractivity contribution in [1.29, 1.82) is 0 Å². The molecule has 2 aromatic carbocycles. The van der Waals surface area contributed by atoms with E-state index in [0.717, 1.165) is 36.4 Å². The van der Waals surface area contributed by atoms with Crippen LogP contribution in [0, 0.1) is 0 Å². The Hall–Kier alpha value is -3.67. The average Bonchev–Trinajstić information content (AvgIpc) is 3.44. The van der Waals surface area contributed by atoms with Crippen molar-refractivity contribution in [3.05, 3.63) is 96.2 Å². The Morgan fingerprint density at radius 2 is 1.86 bits per heavy atom. The molecule has 0 saturated heterocycles. The highest BCUT2D eigenvalue weighted by atomic mass is 16.5. The molecule has 0 atom stereocenters. The number of rotatable bonds is 9. The van der Waals surface area contributed by atoms with Gasteiger partial charge in [-0.1, -0.05) is 48.5 Å². The van der Waals surface area contributed by atoms with Crippen LogP contribution in [0.25, 0.3) is 12.2 Å². The second-order valence-electron chi connectivity index (χ2n) is 6.58. The van der Waals surface area contributed by atoms with Gasteiger partial charge in [-0.05, 0) is 36.1 Å². The number of ether oxygens (including phenoxy) is 1. The Labute approximate surface area is 169 Å². The van der Waals surface area contributed by atoms with Crippen LogP contribution in [0.3, 0.4) is 0 Å². The summed E-state index contributed by atoms with van der Waals surface area (Å²) in [4.78, 5) is 8.44. The number of para-hydroxylation sites is 1. The largest absolute Gasteiger partial charge is 0.487 e. The summed E-state index contributed by atoms with van der Waals surface area (Å²) in [6.45, 7) is 1.19. The number of hydrogen-bond donors (Lipinski definition) is 0. The number of aryl methyl sites for hydroxylation is 2. The summed E-state index contributed by atoms with van der Waals surface area (Å²) >= 11 is 0. The lowest BCUT2D eigenvalue weighted by Gasteiger charge is -2.10. The number of oxazole rings is 1. The van der Waals surface area contributed by atoms with Gasteiger partial charge in [0.2, 0.25) is 5.89 Å². The first-order valence-electron chi connectivity index (χ1n) is 9.57. The molecule has 2 heterocycles. The summed E-state index contributed by atoms with van der Waals surface area (Å²) in [5, 5.41) is 4.13. The highest BCUT2D eigenvalue weighted by Crippen LogP contribution is 2.21. The van der Waals surface area contributed by atoms with Crippen LogP contribution < -0.4 is 4.74 Å². The van der Waals surface area contributed by atoms with Crippen molar-refractivity contribution >= 4 is 12.2 Å². The molecule has 146 valence electrons. The highest BCUT2D eigenvalue weighted by Gasteiger charge is 2.06. The van der Waals surface area contributed by atoms with E-state index in [9.17, 15) is 0 Å². The second kappa shape index (κ2) is 9.50. The Morgan fingerprint density at radius 3 is 2.72 bits per heavy atom. The molecule has 0 unspecified atom stereocenters. The van der Waals surface area contributed by atoms with Crippen molar-refractivity contribution in [3.63, 3.8) is 0 Å². The van der Waals surface area contributed by atoms with E-state index in [1.165, 1.54) is 5.56 Å². The summed E-state index contributed by atoms with van der Waals surface area (Å²) < 4.78 is 13.4. The van der Waals surface area contributed by atoms with Gasteiger partial charge < -0.3 is 9.15 Å². The van der Waals surface area contributed by atoms with Crippen LogP contribution in [0.4, 0.5) is 0 Å². The van der Waals surface area contributed by atoms with E-state index in [0.29, 0.717) is 12.5 Å². The van der Waals surface area contributed by atoms with Crippen LogP contribution in [0.1, 0.15) is 29.1 Å². The maximum absolute atomic E-state index is 6.01. The molecule has 4 aromatic rings. The summed E-state index contributed by atoms with van der Waals surface area (Å²) in [5.74, 6) is 1.43. The van der Waals surface area contributed by atoms with Gasteiger partial charge in [0, 0.05) is 12.6 Å². The van der Waals surface area contributed by atoms with Gasteiger partial charge in [-0.2, -0.15) is 5.10 Å². The van der Waals surface area contributed by atoms with Gasteiger partial charge in [-0.3, -0.25) is 4.68 Å². The number of nitrogens with zero attached hydrogens (tertiary/aromatic N) is 4. The molecule has 0 radical (unpaired) electrons. The number of benzene rings is 2. The average molecular weight is 386 g/mol. The molecule has 0 fully saturated rings. The molecule has 0 bridgehead atoms. The predicted molar refractivity (Wildman–Crippen MR) is 111 cm³/mol. The highest BCUT2D eigenvalue weighted by molar-refractivity contribution is 5.65. The first kappa shape index (κ1) is 18.7. The minimum absolute atomic E-state index is 0.364. The maximum atomic E-state index is 6.01. The van der Waals surface area contributed by atoms with Crippen molar-refractivity contribution in [2.24, 2.45) is 0 Å². The topological polar surface area (TPSA) is 66.0 Å². The predicted octanol–water partition coefficient (Wildman–Crippen LogP) is 4.65. The van der Waals surface area contributed by atoms with E-state index >= 15 is 0 Å². The molecular formula is C23H22N4O2. The monoisotopic (exact) mass is 386 g/mol. The van der Waals surface area contributed by atoms with Gasteiger partial charge in [0.05, 0.1) is 0 Å². The molecule has 0 saturated carbocycles. The van der Waals surface area contributed by atoms with E-state index in [1.54, 1.807) is 18.9 Å². The molecule has 4 rings (SSSR count). The number of aromatic nitrogens is 4. The van der Waals surface area contributed by atoms with E-state index in [4.69, 9.17) is 9.15 Å². The lowest BCUT2D eigenvalue weighted by Crippen LogP contribution is -2.02. The third-order valence-corrected chi connectivity index (χ3v) is 4.44. The summed E-state index contributed by atoms with van der Waals surface area (Å²) in [6, 6.07) is 18.1. The normalized spacial score (nSPS) is 11.2. The molecule has 0 aliphatic heterocycles. The van der Waals surface area contributed by atoms with Crippen LogP contribution in [0.2, 0.25) is 0 Å².